The van der Waals surface area contributed by atoms with Crippen LogP contribution in [0.3, 0.4) is 0 Å². The van der Waals surface area contributed by atoms with Crippen molar-refractivity contribution in [1.29, 1.82) is 0 Å². The third kappa shape index (κ3) is 2.99. The van der Waals surface area contributed by atoms with Gasteiger partial charge in [-0.3, -0.25) is 24.7 Å². The van der Waals surface area contributed by atoms with Crippen LogP contribution < -0.4 is 9.64 Å². The maximum absolute atomic E-state index is 13.8. The van der Waals surface area contributed by atoms with Gasteiger partial charge in [0.1, 0.15) is 5.75 Å². The van der Waals surface area contributed by atoms with Crippen molar-refractivity contribution in [2.75, 3.05) is 4.90 Å². The van der Waals surface area contributed by atoms with E-state index in [1.165, 1.54) is 34.1 Å². The zero-order valence-electron chi connectivity index (χ0n) is 17.2. The summed E-state index contributed by atoms with van der Waals surface area (Å²) in [6, 6.07) is 20.7. The van der Waals surface area contributed by atoms with E-state index < -0.39 is 28.6 Å². The third-order valence-corrected chi connectivity index (χ3v) is 5.90. The highest BCUT2D eigenvalue weighted by molar-refractivity contribution is 6.10. The number of para-hydroxylation sites is 2. The molecule has 5 rings (SSSR count). The van der Waals surface area contributed by atoms with Crippen LogP contribution in [0, 0.1) is 10.1 Å². The Bertz CT molecular complexity index is 1250. The zero-order valence-corrected chi connectivity index (χ0v) is 17.2. The van der Waals surface area contributed by atoms with E-state index in [-0.39, 0.29) is 11.3 Å². The number of nitro groups is 1. The summed E-state index contributed by atoms with van der Waals surface area (Å²) >= 11 is 0. The van der Waals surface area contributed by atoms with Crippen molar-refractivity contribution in [2.45, 2.75) is 25.1 Å². The number of nitrogens with zero attached hydrogens (tertiary/aromatic N) is 3. The second-order valence-electron chi connectivity index (χ2n) is 7.97. The van der Waals surface area contributed by atoms with Crippen LogP contribution in [0.15, 0.2) is 78.9 Å². The van der Waals surface area contributed by atoms with Gasteiger partial charge in [0.15, 0.2) is 5.72 Å². The maximum atomic E-state index is 13.8. The Kier molecular flexibility index (Phi) is 4.44. The molecule has 2 heterocycles. The molecule has 3 aromatic rings. The van der Waals surface area contributed by atoms with E-state index in [0.717, 1.165) is 5.56 Å². The number of non-ortho nitro benzene ring substituents is 1. The Balaban J connectivity index is 1.66. The predicted molar refractivity (Wildman–Crippen MR) is 116 cm³/mol. The smallest absolute Gasteiger partial charge is 0.335 e. The van der Waals surface area contributed by atoms with Crippen LogP contribution in [-0.4, -0.2) is 27.5 Å². The first kappa shape index (κ1) is 19.7. The second kappa shape index (κ2) is 7.19. The van der Waals surface area contributed by atoms with Crippen molar-refractivity contribution in [1.82, 2.24) is 4.90 Å². The van der Waals surface area contributed by atoms with Gasteiger partial charge in [-0.1, -0.05) is 42.5 Å². The first-order valence-electron chi connectivity index (χ1n) is 10.1. The lowest BCUT2D eigenvalue weighted by Gasteiger charge is -2.53. The van der Waals surface area contributed by atoms with Crippen molar-refractivity contribution in [2.24, 2.45) is 0 Å². The average molecular weight is 429 g/mol. The van der Waals surface area contributed by atoms with Crippen LogP contribution in [0.5, 0.6) is 5.75 Å². The van der Waals surface area contributed by atoms with E-state index >= 15 is 0 Å². The Morgan fingerprint density at radius 1 is 1.06 bits per heavy atom. The van der Waals surface area contributed by atoms with Crippen LogP contribution >= 0.6 is 0 Å². The van der Waals surface area contributed by atoms with Gasteiger partial charge < -0.3 is 4.74 Å². The van der Waals surface area contributed by atoms with E-state index in [4.69, 9.17) is 4.74 Å². The van der Waals surface area contributed by atoms with Crippen LogP contribution in [0.25, 0.3) is 0 Å². The van der Waals surface area contributed by atoms with E-state index in [1.807, 2.05) is 49.4 Å². The molecule has 2 bridgehead atoms. The minimum Gasteiger partial charge on any atom is -0.467 e. The zero-order chi connectivity index (χ0) is 22.5. The molecule has 2 atom stereocenters. The number of hydrogen-bond acceptors (Lipinski definition) is 5. The minimum atomic E-state index is -1.00. The lowest BCUT2D eigenvalue weighted by atomic mass is 9.88. The number of hydrogen-bond donors (Lipinski definition) is 0. The number of urea groups is 1. The fourth-order valence-electron chi connectivity index (χ4n) is 4.49. The first-order chi connectivity index (χ1) is 15.4. The normalized spacial score (nSPS) is 21.5. The Morgan fingerprint density at radius 2 is 1.78 bits per heavy atom. The first-order valence-corrected chi connectivity index (χ1v) is 10.1. The number of carbonyl (C=O) groups is 2. The molecule has 0 spiro atoms. The summed E-state index contributed by atoms with van der Waals surface area (Å²) < 4.78 is 6.29. The minimum absolute atomic E-state index is 0.0770. The molecule has 0 N–H and O–H groups in total. The molecule has 0 radical (unpaired) electrons. The van der Waals surface area contributed by atoms with Gasteiger partial charge in [-0.2, -0.15) is 0 Å². The van der Waals surface area contributed by atoms with Crippen molar-refractivity contribution >= 4 is 23.3 Å². The van der Waals surface area contributed by atoms with Gasteiger partial charge >= 0.3 is 6.03 Å². The monoisotopic (exact) mass is 429 g/mol. The molecule has 8 heteroatoms. The molecule has 0 aromatic heterocycles. The molecule has 2 aliphatic heterocycles. The molecule has 160 valence electrons. The molecule has 8 nitrogen and oxygen atoms in total. The highest BCUT2D eigenvalue weighted by Crippen LogP contribution is 2.49. The van der Waals surface area contributed by atoms with Crippen LogP contribution in [-0.2, 0) is 0 Å². The summed E-state index contributed by atoms with van der Waals surface area (Å²) in [6.07, 6.45) is 0.352. The summed E-state index contributed by atoms with van der Waals surface area (Å²) in [6.45, 7) is 1.83. The van der Waals surface area contributed by atoms with Gasteiger partial charge in [0.2, 0.25) is 0 Å². The van der Waals surface area contributed by atoms with Crippen molar-refractivity contribution in [3.8, 4) is 5.75 Å². The summed E-state index contributed by atoms with van der Waals surface area (Å²) in [5.74, 6) is -0.0000856. The predicted octanol–water partition coefficient (Wildman–Crippen LogP) is 4.92. The number of amides is 3. The number of anilines is 1. The van der Waals surface area contributed by atoms with E-state index in [9.17, 15) is 19.7 Å². The highest BCUT2D eigenvalue weighted by Gasteiger charge is 2.55. The largest absolute Gasteiger partial charge is 0.467 e. The number of carbonyl (C=O) groups excluding carboxylic acids is 2. The van der Waals surface area contributed by atoms with Gasteiger partial charge in [-0.15, -0.1) is 0 Å². The average Bonchev–Trinajstić information content (AvgIpc) is 2.79. The fourth-order valence-corrected chi connectivity index (χ4v) is 4.49. The Labute approximate surface area is 183 Å². The van der Waals surface area contributed by atoms with Crippen molar-refractivity contribution < 1.29 is 19.2 Å². The van der Waals surface area contributed by atoms with Crippen molar-refractivity contribution in [3.63, 3.8) is 0 Å². The maximum Gasteiger partial charge on any atom is 0.335 e. The molecular weight excluding hydrogens is 410 g/mol. The lowest BCUT2D eigenvalue weighted by Crippen LogP contribution is -2.67. The lowest BCUT2D eigenvalue weighted by molar-refractivity contribution is -0.384. The summed E-state index contributed by atoms with van der Waals surface area (Å²) in [7, 11) is 0. The molecule has 0 saturated carbocycles. The van der Waals surface area contributed by atoms with Crippen LogP contribution in [0.1, 0.15) is 35.3 Å². The molecule has 0 aliphatic carbocycles. The van der Waals surface area contributed by atoms with Gasteiger partial charge in [-0.05, 0) is 31.2 Å². The molecular formula is C24H19N3O5. The van der Waals surface area contributed by atoms with E-state index in [2.05, 4.69) is 0 Å². The summed E-state index contributed by atoms with van der Waals surface area (Å²) in [5.41, 5.74) is 0.182. The van der Waals surface area contributed by atoms with Crippen molar-refractivity contribution in [3.05, 3.63) is 100 Å². The fraction of sp³-hybridized carbons (Fsp3) is 0.167. The standard InChI is InChI=1S/C24H19N3O5/c1-24-15-20(19-12-5-6-13-21(19)32-24)25(23(29)26(24)17-9-3-2-4-10-17)22(28)16-8-7-11-18(14-16)27(30)31/h2-14,20H,15H2,1H3. The topological polar surface area (TPSA) is 93.0 Å². The summed E-state index contributed by atoms with van der Waals surface area (Å²) in [5, 5.41) is 11.2. The van der Waals surface area contributed by atoms with Gasteiger partial charge in [0.05, 0.1) is 11.0 Å². The molecule has 1 fully saturated rings. The molecule has 2 aliphatic rings. The highest BCUT2D eigenvalue weighted by atomic mass is 16.6. The van der Waals surface area contributed by atoms with Gasteiger partial charge in [0, 0.05) is 35.4 Å². The molecule has 3 aromatic carbocycles. The Morgan fingerprint density at radius 3 is 2.53 bits per heavy atom. The summed E-state index contributed by atoms with van der Waals surface area (Å²) in [4.78, 5) is 40.7. The molecule has 3 amide bonds. The number of imide groups is 1. The van der Waals surface area contributed by atoms with Crippen LogP contribution in [0.2, 0.25) is 0 Å². The SMILES string of the molecule is CC12CC(c3ccccc3O1)N(C(=O)c1cccc([N+](=O)[O-])c1)C(=O)N2c1ccccc1. The Hall–Kier alpha value is -4.20. The van der Waals surface area contributed by atoms with Gasteiger partial charge in [-0.25, -0.2) is 4.79 Å². The number of nitro benzene ring substituents is 1. The van der Waals surface area contributed by atoms with Gasteiger partial charge in [0.25, 0.3) is 11.6 Å². The number of ether oxygens (including phenoxy) is 1. The van der Waals surface area contributed by atoms with E-state index in [0.29, 0.717) is 17.9 Å². The second-order valence-corrected chi connectivity index (χ2v) is 7.97. The number of fused-ring (bicyclic) bond motifs is 4. The molecule has 2 unspecified atom stereocenters. The van der Waals surface area contributed by atoms with E-state index in [1.54, 1.807) is 12.1 Å². The third-order valence-electron chi connectivity index (χ3n) is 5.90. The molecule has 32 heavy (non-hydrogen) atoms. The van der Waals surface area contributed by atoms with Crippen LogP contribution in [0.4, 0.5) is 16.2 Å². The quantitative estimate of drug-likeness (QED) is 0.435. The number of rotatable bonds is 3. The molecule has 1 saturated heterocycles. The number of benzene rings is 3.